The summed E-state index contributed by atoms with van der Waals surface area (Å²) in [6, 6.07) is 22.3. The Kier molecular flexibility index (Phi) is 8.27. The molecule has 0 radical (unpaired) electrons. The molecule has 4 rings (SSSR count). The summed E-state index contributed by atoms with van der Waals surface area (Å²) in [6.07, 6.45) is 1.50. The number of halogens is 1. The third kappa shape index (κ3) is 6.24. The van der Waals surface area contributed by atoms with E-state index in [0.29, 0.717) is 0 Å². The van der Waals surface area contributed by atoms with Gasteiger partial charge in [0.05, 0.1) is 21.7 Å². The molecule has 1 heterocycles. The average molecular weight is 610 g/mol. The molecule has 12 heteroatoms. The van der Waals surface area contributed by atoms with E-state index in [9.17, 15) is 23.3 Å². The van der Waals surface area contributed by atoms with Crippen LogP contribution < -0.4 is 9.73 Å². The molecule has 1 amide bonds. The van der Waals surface area contributed by atoms with E-state index >= 15 is 0 Å². The van der Waals surface area contributed by atoms with Crippen molar-refractivity contribution in [2.75, 3.05) is 10.8 Å². The van der Waals surface area contributed by atoms with Crippen molar-refractivity contribution in [2.24, 2.45) is 5.10 Å². The average Bonchev–Trinajstić information content (AvgIpc) is 3.20. The zero-order valence-electron chi connectivity index (χ0n) is 21.0. The first-order valence-corrected chi connectivity index (χ1v) is 13.9. The van der Waals surface area contributed by atoms with Crippen LogP contribution in [-0.4, -0.2) is 36.6 Å². The third-order valence-corrected chi connectivity index (χ3v) is 8.18. The summed E-state index contributed by atoms with van der Waals surface area (Å²) in [5.74, 6) is -0.690. The number of hydrogen-bond donors (Lipinski definition) is 1. The lowest BCUT2D eigenvalue weighted by atomic mass is 10.2. The van der Waals surface area contributed by atoms with Gasteiger partial charge in [0.2, 0.25) is 0 Å². The number of aromatic nitrogens is 1. The maximum Gasteiger partial charge on any atom is 0.269 e. The van der Waals surface area contributed by atoms with Gasteiger partial charge in [-0.25, -0.2) is 13.8 Å². The molecule has 0 spiro atoms. The van der Waals surface area contributed by atoms with Gasteiger partial charge in [-0.1, -0.05) is 40.2 Å². The van der Waals surface area contributed by atoms with Crippen molar-refractivity contribution < 1.29 is 18.1 Å². The van der Waals surface area contributed by atoms with Crippen molar-refractivity contribution in [3.63, 3.8) is 0 Å². The Morgan fingerprint density at radius 1 is 1.05 bits per heavy atom. The van der Waals surface area contributed by atoms with Crippen LogP contribution in [-0.2, 0) is 14.8 Å². The van der Waals surface area contributed by atoms with Gasteiger partial charge in [0.25, 0.3) is 21.6 Å². The number of hydrazone groups is 1. The van der Waals surface area contributed by atoms with Crippen LogP contribution in [0.15, 0.2) is 99.4 Å². The van der Waals surface area contributed by atoms with Crippen molar-refractivity contribution >= 4 is 49.4 Å². The van der Waals surface area contributed by atoms with E-state index in [1.165, 1.54) is 42.6 Å². The Bertz CT molecular complexity index is 1650. The number of carbonyl (C=O) groups excluding carboxylic acids is 1. The predicted octanol–water partition coefficient (Wildman–Crippen LogP) is 5.11. The molecule has 0 unspecified atom stereocenters. The Hall–Kier alpha value is -4.29. The minimum atomic E-state index is -4.16. The molecule has 0 saturated carbocycles. The zero-order valence-corrected chi connectivity index (χ0v) is 23.4. The van der Waals surface area contributed by atoms with Gasteiger partial charge in [-0.2, -0.15) is 5.10 Å². The number of carbonyl (C=O) groups is 1. The molecule has 0 aliphatic carbocycles. The summed E-state index contributed by atoms with van der Waals surface area (Å²) < 4.78 is 30.7. The van der Waals surface area contributed by atoms with Crippen LogP contribution in [0.5, 0.6) is 0 Å². The van der Waals surface area contributed by atoms with Gasteiger partial charge in [0.15, 0.2) is 0 Å². The van der Waals surface area contributed by atoms with E-state index in [0.717, 1.165) is 31.4 Å². The number of hydrogen-bond acceptors (Lipinski definition) is 6. The number of nitrogens with zero attached hydrogens (tertiary/aromatic N) is 4. The summed E-state index contributed by atoms with van der Waals surface area (Å²) in [5.41, 5.74) is 5.90. The van der Waals surface area contributed by atoms with Crippen LogP contribution in [0.1, 0.15) is 17.0 Å². The summed E-state index contributed by atoms with van der Waals surface area (Å²) in [6.45, 7) is 3.30. The third-order valence-electron chi connectivity index (χ3n) is 5.90. The van der Waals surface area contributed by atoms with Gasteiger partial charge in [0, 0.05) is 39.2 Å². The molecule has 1 N–H and O–H groups in total. The fraction of sp³-hybridized carbons (Fsp3) is 0.111. The first-order chi connectivity index (χ1) is 18.6. The number of anilines is 1. The van der Waals surface area contributed by atoms with Gasteiger partial charge in [-0.15, -0.1) is 0 Å². The molecule has 200 valence electrons. The molecule has 4 aromatic rings. The number of nitro groups is 1. The summed E-state index contributed by atoms with van der Waals surface area (Å²) >= 11 is 3.48. The molecule has 1 aromatic heterocycles. The Balaban J connectivity index is 1.56. The number of non-ortho nitro benzene ring substituents is 1. The SMILES string of the molecule is Cc1cc(/C=N/NC(=O)CN(c2ccc([N+](=O)[O-])cc2)S(=O)(=O)c2ccccc2)c(C)n1-c1cccc(Br)c1. The monoisotopic (exact) mass is 609 g/mol. The van der Waals surface area contributed by atoms with E-state index in [1.807, 2.05) is 44.2 Å². The molecule has 10 nitrogen and oxygen atoms in total. The second kappa shape index (κ2) is 11.6. The smallest absolute Gasteiger partial charge is 0.269 e. The van der Waals surface area contributed by atoms with Crippen molar-refractivity contribution in [3.05, 3.63) is 116 Å². The highest BCUT2D eigenvalue weighted by Crippen LogP contribution is 2.26. The summed E-state index contributed by atoms with van der Waals surface area (Å²) in [4.78, 5) is 23.3. The van der Waals surface area contributed by atoms with Gasteiger partial charge in [0.1, 0.15) is 6.54 Å². The number of nitro benzene ring substituents is 1. The molecular formula is C27H24BrN5O5S. The largest absolute Gasteiger partial charge is 0.318 e. The molecular weight excluding hydrogens is 586 g/mol. The lowest BCUT2D eigenvalue weighted by Gasteiger charge is -2.23. The minimum absolute atomic E-state index is 0.0281. The van der Waals surface area contributed by atoms with E-state index in [-0.39, 0.29) is 16.3 Å². The van der Waals surface area contributed by atoms with Crippen LogP contribution in [0, 0.1) is 24.0 Å². The molecule has 0 atom stereocenters. The van der Waals surface area contributed by atoms with Crippen LogP contribution in [0.4, 0.5) is 11.4 Å². The molecule has 0 fully saturated rings. The fourth-order valence-electron chi connectivity index (χ4n) is 4.05. The summed E-state index contributed by atoms with van der Waals surface area (Å²) in [7, 11) is -4.16. The second-order valence-electron chi connectivity index (χ2n) is 8.53. The highest BCUT2D eigenvalue weighted by atomic mass is 79.9. The van der Waals surface area contributed by atoms with Crippen LogP contribution in [0.25, 0.3) is 5.69 Å². The van der Waals surface area contributed by atoms with Crippen LogP contribution in [0.3, 0.4) is 0 Å². The van der Waals surface area contributed by atoms with Crippen molar-refractivity contribution in [3.8, 4) is 5.69 Å². The number of nitrogens with one attached hydrogen (secondary N) is 1. The molecule has 0 saturated heterocycles. The van der Waals surface area contributed by atoms with Crippen molar-refractivity contribution in [1.82, 2.24) is 9.99 Å². The number of sulfonamides is 1. The fourth-order valence-corrected chi connectivity index (χ4v) is 5.87. The normalized spacial score (nSPS) is 11.5. The van der Waals surface area contributed by atoms with Gasteiger partial charge in [-0.3, -0.25) is 19.2 Å². The number of aryl methyl sites for hydroxylation is 1. The van der Waals surface area contributed by atoms with Crippen LogP contribution >= 0.6 is 15.9 Å². The first-order valence-electron chi connectivity index (χ1n) is 11.7. The molecule has 39 heavy (non-hydrogen) atoms. The lowest BCUT2D eigenvalue weighted by Crippen LogP contribution is -2.39. The highest BCUT2D eigenvalue weighted by molar-refractivity contribution is 9.10. The molecule has 3 aromatic carbocycles. The van der Waals surface area contributed by atoms with Crippen molar-refractivity contribution in [1.29, 1.82) is 0 Å². The molecule has 0 aliphatic heterocycles. The van der Waals surface area contributed by atoms with Gasteiger partial charge >= 0.3 is 0 Å². The van der Waals surface area contributed by atoms with Crippen LogP contribution in [0.2, 0.25) is 0 Å². The lowest BCUT2D eigenvalue weighted by molar-refractivity contribution is -0.384. The van der Waals surface area contributed by atoms with E-state index in [4.69, 9.17) is 0 Å². The van der Waals surface area contributed by atoms with E-state index < -0.39 is 27.4 Å². The number of amides is 1. The van der Waals surface area contributed by atoms with Crippen molar-refractivity contribution in [2.45, 2.75) is 18.7 Å². The quantitative estimate of drug-likeness (QED) is 0.160. The Morgan fingerprint density at radius 2 is 1.74 bits per heavy atom. The van der Waals surface area contributed by atoms with E-state index in [1.54, 1.807) is 18.2 Å². The van der Waals surface area contributed by atoms with E-state index in [2.05, 4.69) is 31.0 Å². The number of benzene rings is 3. The van der Waals surface area contributed by atoms with Gasteiger partial charge in [-0.05, 0) is 62.4 Å². The zero-order chi connectivity index (χ0) is 28.2. The van der Waals surface area contributed by atoms with Gasteiger partial charge < -0.3 is 4.57 Å². The molecule has 0 bridgehead atoms. The number of rotatable bonds is 9. The first kappa shape index (κ1) is 27.7. The highest BCUT2D eigenvalue weighted by Gasteiger charge is 2.27. The Morgan fingerprint density at radius 3 is 2.38 bits per heavy atom. The molecule has 0 aliphatic rings. The second-order valence-corrected chi connectivity index (χ2v) is 11.3. The Labute approximate surface area is 233 Å². The summed E-state index contributed by atoms with van der Waals surface area (Å²) in [5, 5.41) is 15.1. The predicted molar refractivity (Wildman–Crippen MR) is 153 cm³/mol. The maximum atomic E-state index is 13.4. The minimum Gasteiger partial charge on any atom is -0.318 e. The maximum absolute atomic E-state index is 13.4. The standard InChI is InChI=1S/C27H24BrN5O5S/c1-19-15-21(20(2)32(19)25-8-6-7-22(28)16-25)17-29-30-27(34)18-31(23-11-13-24(14-12-23)33(35)36)39(37,38)26-9-4-3-5-10-26/h3-17H,18H2,1-2H3,(H,30,34)/b29-17+. The topological polar surface area (TPSA) is 127 Å².